The third-order valence-electron chi connectivity index (χ3n) is 4.20. The highest BCUT2D eigenvalue weighted by atomic mass is 16.5. The first kappa shape index (κ1) is 18.4. The lowest BCUT2D eigenvalue weighted by atomic mass is 10.2. The minimum Gasteiger partial charge on any atom is -0.456 e. The quantitative estimate of drug-likeness (QED) is 0.471. The van der Waals surface area contributed by atoms with Gasteiger partial charge >= 0.3 is 11.9 Å². The van der Waals surface area contributed by atoms with Gasteiger partial charge in [-0.05, 0) is 11.1 Å². The molecule has 0 aliphatic carbocycles. The lowest BCUT2D eigenvalue weighted by molar-refractivity contribution is 0.0459. The summed E-state index contributed by atoms with van der Waals surface area (Å²) in [7, 11) is 0. The van der Waals surface area contributed by atoms with E-state index in [2.05, 4.69) is 10.1 Å². The lowest BCUT2D eigenvalue weighted by Crippen LogP contribution is -2.16. The summed E-state index contributed by atoms with van der Waals surface area (Å²) in [5.41, 5.74) is 2.18. The van der Waals surface area contributed by atoms with Crippen molar-refractivity contribution < 1.29 is 19.1 Å². The monoisotopic (exact) mass is 387 g/mol. The molecule has 0 atom stereocenters. The van der Waals surface area contributed by atoms with Gasteiger partial charge in [-0.1, -0.05) is 60.7 Å². The van der Waals surface area contributed by atoms with Crippen LogP contribution in [0.4, 0.5) is 0 Å². The Morgan fingerprint density at radius 3 is 2.00 bits per heavy atom. The van der Waals surface area contributed by atoms with Crippen LogP contribution in [0.15, 0.2) is 79.0 Å². The average molecular weight is 387 g/mol. The molecule has 2 heterocycles. The molecule has 0 spiro atoms. The van der Waals surface area contributed by atoms with Crippen LogP contribution in [0, 0.1) is 0 Å². The topological polar surface area (TPSA) is 82.8 Å². The molecule has 0 fully saturated rings. The number of benzene rings is 2. The van der Waals surface area contributed by atoms with Crippen LogP contribution in [-0.2, 0) is 22.7 Å². The molecule has 0 saturated carbocycles. The molecule has 0 N–H and O–H groups in total. The van der Waals surface area contributed by atoms with Crippen LogP contribution in [0.3, 0.4) is 0 Å². The Bertz CT molecular complexity index is 1140. The number of carbonyl (C=O) groups excluding carboxylic acids is 2. The van der Waals surface area contributed by atoms with Crippen molar-refractivity contribution in [2.24, 2.45) is 0 Å². The van der Waals surface area contributed by atoms with E-state index in [1.807, 2.05) is 60.7 Å². The summed E-state index contributed by atoms with van der Waals surface area (Å²) in [5, 5.41) is 4.09. The number of hydrogen-bond donors (Lipinski definition) is 0. The fourth-order valence-electron chi connectivity index (χ4n) is 2.76. The van der Waals surface area contributed by atoms with Gasteiger partial charge < -0.3 is 9.47 Å². The Balaban J connectivity index is 1.53. The van der Waals surface area contributed by atoms with E-state index in [1.165, 1.54) is 16.8 Å². The highest BCUT2D eigenvalue weighted by Crippen LogP contribution is 2.12. The van der Waals surface area contributed by atoms with Crippen molar-refractivity contribution in [2.75, 3.05) is 0 Å². The van der Waals surface area contributed by atoms with Gasteiger partial charge in [-0.3, -0.25) is 0 Å². The molecule has 7 nitrogen and oxygen atoms in total. The second-order valence-electron chi connectivity index (χ2n) is 6.25. The molecule has 0 aliphatic rings. The molecular weight excluding hydrogens is 370 g/mol. The molecular formula is C22H17N3O4. The Morgan fingerprint density at radius 2 is 1.38 bits per heavy atom. The Morgan fingerprint density at radius 1 is 0.793 bits per heavy atom. The molecule has 7 heteroatoms. The third kappa shape index (κ3) is 4.30. The van der Waals surface area contributed by atoms with E-state index in [4.69, 9.17) is 9.47 Å². The maximum atomic E-state index is 12.6. The standard InChI is InChI=1S/C22H17N3O4/c26-21(28-14-16-7-3-1-4-8-16)18-13-19(25-20(24-18)11-12-23-25)22(27)29-15-17-9-5-2-6-10-17/h1-13H,14-15H2. The zero-order valence-corrected chi connectivity index (χ0v) is 15.4. The second kappa shape index (κ2) is 8.35. The minimum absolute atomic E-state index is 0.0144. The average Bonchev–Trinajstić information content (AvgIpc) is 3.25. The number of nitrogens with zero attached hydrogens (tertiary/aromatic N) is 3. The number of carbonyl (C=O) groups is 2. The maximum absolute atomic E-state index is 12.6. The largest absolute Gasteiger partial charge is 0.456 e. The predicted octanol–water partition coefficient (Wildman–Crippen LogP) is 3.44. The molecule has 2 aromatic carbocycles. The minimum atomic E-state index is -0.630. The summed E-state index contributed by atoms with van der Waals surface area (Å²) in [6.45, 7) is 0.220. The van der Waals surface area contributed by atoms with Crippen LogP contribution in [0.1, 0.15) is 32.1 Å². The first-order valence-electron chi connectivity index (χ1n) is 8.97. The van der Waals surface area contributed by atoms with Gasteiger partial charge in [0.2, 0.25) is 0 Å². The second-order valence-corrected chi connectivity index (χ2v) is 6.25. The van der Waals surface area contributed by atoms with E-state index in [1.54, 1.807) is 6.07 Å². The van der Waals surface area contributed by atoms with E-state index in [0.29, 0.717) is 5.65 Å². The summed E-state index contributed by atoms with van der Waals surface area (Å²) in [5.74, 6) is -1.24. The number of aromatic nitrogens is 3. The molecule has 2 aromatic heterocycles. The van der Waals surface area contributed by atoms with Gasteiger partial charge in [0, 0.05) is 12.1 Å². The first-order chi connectivity index (χ1) is 14.2. The van der Waals surface area contributed by atoms with Crippen LogP contribution in [0.5, 0.6) is 0 Å². The van der Waals surface area contributed by atoms with Gasteiger partial charge in [0.05, 0.1) is 6.20 Å². The first-order valence-corrected chi connectivity index (χ1v) is 8.97. The van der Waals surface area contributed by atoms with Crippen molar-refractivity contribution in [3.8, 4) is 0 Å². The number of esters is 2. The van der Waals surface area contributed by atoms with Crippen molar-refractivity contribution in [2.45, 2.75) is 13.2 Å². The summed E-state index contributed by atoms with van der Waals surface area (Å²) >= 11 is 0. The highest BCUT2D eigenvalue weighted by Gasteiger charge is 2.19. The Kier molecular flexibility index (Phi) is 5.29. The summed E-state index contributed by atoms with van der Waals surface area (Å²) in [6, 6.07) is 21.6. The van der Waals surface area contributed by atoms with Crippen molar-refractivity contribution in [3.05, 3.63) is 102 Å². The lowest BCUT2D eigenvalue weighted by Gasteiger charge is -2.09. The van der Waals surface area contributed by atoms with Gasteiger partial charge in [-0.25, -0.2) is 19.1 Å². The van der Waals surface area contributed by atoms with Crippen LogP contribution < -0.4 is 0 Å². The van der Waals surface area contributed by atoms with E-state index in [0.717, 1.165) is 11.1 Å². The molecule has 0 radical (unpaired) electrons. The number of fused-ring (bicyclic) bond motifs is 1. The molecule has 0 aliphatic heterocycles. The molecule has 29 heavy (non-hydrogen) atoms. The van der Waals surface area contributed by atoms with Gasteiger partial charge in [-0.2, -0.15) is 5.10 Å². The van der Waals surface area contributed by atoms with Gasteiger partial charge in [0.1, 0.15) is 13.2 Å². The van der Waals surface area contributed by atoms with E-state index in [-0.39, 0.29) is 24.6 Å². The molecule has 0 bridgehead atoms. The normalized spacial score (nSPS) is 10.6. The maximum Gasteiger partial charge on any atom is 0.357 e. The van der Waals surface area contributed by atoms with Crippen molar-refractivity contribution in [1.82, 2.24) is 14.6 Å². The summed E-state index contributed by atoms with van der Waals surface area (Å²) < 4.78 is 12.0. The van der Waals surface area contributed by atoms with E-state index >= 15 is 0 Å². The number of rotatable bonds is 6. The fraction of sp³-hybridized carbons (Fsp3) is 0.0909. The van der Waals surface area contributed by atoms with Gasteiger partial charge in [0.25, 0.3) is 0 Å². The summed E-state index contributed by atoms with van der Waals surface area (Å²) in [6.07, 6.45) is 1.50. The van der Waals surface area contributed by atoms with Gasteiger partial charge in [0.15, 0.2) is 17.0 Å². The van der Waals surface area contributed by atoms with Crippen LogP contribution in [0.2, 0.25) is 0 Å². The molecule has 0 saturated heterocycles. The van der Waals surface area contributed by atoms with E-state index < -0.39 is 11.9 Å². The van der Waals surface area contributed by atoms with Crippen LogP contribution >= 0.6 is 0 Å². The summed E-state index contributed by atoms with van der Waals surface area (Å²) in [4.78, 5) is 29.3. The van der Waals surface area contributed by atoms with Crippen molar-refractivity contribution in [1.29, 1.82) is 0 Å². The zero-order chi connectivity index (χ0) is 20.1. The SMILES string of the molecule is O=C(OCc1ccccc1)c1cc(C(=O)OCc2ccccc2)n2nccc2n1. The van der Waals surface area contributed by atoms with Crippen LogP contribution in [0.25, 0.3) is 5.65 Å². The molecule has 4 rings (SSSR count). The van der Waals surface area contributed by atoms with Crippen LogP contribution in [-0.4, -0.2) is 26.5 Å². The predicted molar refractivity (Wildman–Crippen MR) is 104 cm³/mol. The molecule has 4 aromatic rings. The highest BCUT2D eigenvalue weighted by molar-refractivity contribution is 5.93. The Hall–Kier alpha value is -4.00. The fourth-order valence-corrected chi connectivity index (χ4v) is 2.76. The third-order valence-corrected chi connectivity index (χ3v) is 4.20. The molecule has 0 unspecified atom stereocenters. The molecule has 0 amide bonds. The number of hydrogen-bond acceptors (Lipinski definition) is 6. The Labute approximate surface area is 166 Å². The van der Waals surface area contributed by atoms with Crippen molar-refractivity contribution >= 4 is 17.6 Å². The molecule has 144 valence electrons. The van der Waals surface area contributed by atoms with Crippen molar-refractivity contribution in [3.63, 3.8) is 0 Å². The zero-order valence-electron chi connectivity index (χ0n) is 15.4. The van der Waals surface area contributed by atoms with Gasteiger partial charge in [-0.15, -0.1) is 0 Å². The van der Waals surface area contributed by atoms with E-state index in [9.17, 15) is 9.59 Å². The smallest absolute Gasteiger partial charge is 0.357 e. The number of ether oxygens (including phenoxy) is 2.